The van der Waals surface area contributed by atoms with Crippen LogP contribution in [0.3, 0.4) is 0 Å². The van der Waals surface area contributed by atoms with Gasteiger partial charge in [-0.05, 0) is 26.0 Å². The Morgan fingerprint density at radius 2 is 2.07 bits per heavy atom. The van der Waals surface area contributed by atoms with Crippen LogP contribution in [0.4, 0.5) is 4.39 Å². The number of amides is 1. The zero-order valence-corrected chi connectivity index (χ0v) is 8.87. The summed E-state index contributed by atoms with van der Waals surface area (Å²) in [4.78, 5) is 13.4. The molecular formula is C11H12FNO2. The quantitative estimate of drug-likeness (QED) is 0.654. The number of halogens is 1. The molecule has 1 aromatic carbocycles. The average molecular weight is 209 g/mol. The zero-order chi connectivity index (χ0) is 11.2. The van der Waals surface area contributed by atoms with E-state index in [2.05, 4.69) is 0 Å². The minimum absolute atomic E-state index is 0.152. The second-order valence-corrected chi connectivity index (χ2v) is 4.05. The van der Waals surface area contributed by atoms with Gasteiger partial charge in [0.2, 0.25) is 0 Å². The van der Waals surface area contributed by atoms with Crippen LogP contribution >= 0.6 is 0 Å². The smallest absolute Gasteiger partial charge is 0.260 e. The van der Waals surface area contributed by atoms with Crippen molar-refractivity contribution in [1.29, 1.82) is 0 Å². The van der Waals surface area contributed by atoms with E-state index in [1.807, 2.05) is 0 Å². The molecule has 0 aliphatic carbocycles. The van der Waals surface area contributed by atoms with Gasteiger partial charge in [0, 0.05) is 13.1 Å². The molecule has 0 radical (unpaired) electrons. The Balaban J connectivity index is 2.55. The van der Waals surface area contributed by atoms with Crippen LogP contribution in [-0.2, 0) is 0 Å². The first-order valence-electron chi connectivity index (χ1n) is 4.68. The summed E-state index contributed by atoms with van der Waals surface area (Å²) in [7, 11) is 1.66. The number of fused-ring (bicyclic) bond motifs is 1. The van der Waals surface area contributed by atoms with Crippen molar-refractivity contribution in [1.82, 2.24) is 4.90 Å². The van der Waals surface area contributed by atoms with Gasteiger partial charge in [-0.3, -0.25) is 4.79 Å². The summed E-state index contributed by atoms with van der Waals surface area (Å²) in [5.41, 5.74) is -0.337. The number of ether oxygens (including phenoxy) is 1. The van der Waals surface area contributed by atoms with Gasteiger partial charge in [-0.1, -0.05) is 0 Å². The summed E-state index contributed by atoms with van der Waals surface area (Å²) in [6.45, 7) is 3.53. The minimum Gasteiger partial charge on any atom is -0.468 e. The fraction of sp³-hybridized carbons (Fsp3) is 0.364. The highest BCUT2D eigenvalue weighted by molar-refractivity contribution is 5.98. The Morgan fingerprint density at radius 3 is 2.73 bits per heavy atom. The molecule has 0 aromatic heterocycles. The normalized spacial score (nSPS) is 18.4. The van der Waals surface area contributed by atoms with E-state index in [1.54, 1.807) is 20.9 Å². The molecule has 1 aromatic rings. The molecule has 0 saturated carbocycles. The standard InChI is InChI=1S/C11H12FNO2/c1-11(2)13(3)10(14)8-5-4-7(12)6-9(8)15-11/h4-6H,1-3H3. The van der Waals surface area contributed by atoms with Crippen LogP contribution in [0.15, 0.2) is 18.2 Å². The van der Waals surface area contributed by atoms with E-state index in [4.69, 9.17) is 4.74 Å². The molecule has 0 fully saturated rings. The van der Waals surface area contributed by atoms with Crippen LogP contribution < -0.4 is 4.74 Å². The Hall–Kier alpha value is -1.58. The van der Waals surface area contributed by atoms with Crippen LogP contribution in [0.1, 0.15) is 24.2 Å². The van der Waals surface area contributed by atoms with Crippen LogP contribution in [0.2, 0.25) is 0 Å². The summed E-state index contributed by atoms with van der Waals surface area (Å²) in [5.74, 6) is -0.244. The van der Waals surface area contributed by atoms with Gasteiger partial charge in [-0.25, -0.2) is 4.39 Å². The molecule has 4 heteroatoms. The van der Waals surface area contributed by atoms with E-state index in [0.717, 1.165) is 0 Å². The summed E-state index contributed by atoms with van der Waals surface area (Å²) < 4.78 is 18.5. The lowest BCUT2D eigenvalue weighted by Crippen LogP contribution is -2.52. The summed E-state index contributed by atoms with van der Waals surface area (Å²) in [6, 6.07) is 3.94. The minimum atomic E-state index is -0.738. The molecule has 0 saturated heterocycles. The van der Waals surface area contributed by atoms with Gasteiger partial charge in [-0.2, -0.15) is 0 Å². The lowest BCUT2D eigenvalue weighted by molar-refractivity contribution is -0.0367. The maximum atomic E-state index is 13.0. The van der Waals surface area contributed by atoms with Crippen molar-refractivity contribution in [3.05, 3.63) is 29.6 Å². The Kier molecular flexibility index (Phi) is 1.96. The molecule has 1 heterocycles. The maximum Gasteiger partial charge on any atom is 0.260 e. The van der Waals surface area contributed by atoms with Crippen molar-refractivity contribution in [2.24, 2.45) is 0 Å². The Labute approximate surface area is 87.5 Å². The van der Waals surface area contributed by atoms with Gasteiger partial charge in [0.05, 0.1) is 5.56 Å². The van der Waals surface area contributed by atoms with Gasteiger partial charge in [0.25, 0.3) is 5.91 Å². The second-order valence-electron chi connectivity index (χ2n) is 4.05. The third-order valence-electron chi connectivity index (χ3n) is 2.65. The highest BCUT2D eigenvalue weighted by atomic mass is 19.1. The second kappa shape index (κ2) is 2.95. The van der Waals surface area contributed by atoms with Gasteiger partial charge in [-0.15, -0.1) is 0 Å². The summed E-state index contributed by atoms with van der Waals surface area (Å²) >= 11 is 0. The van der Waals surface area contributed by atoms with Crippen LogP contribution in [0.25, 0.3) is 0 Å². The third-order valence-corrected chi connectivity index (χ3v) is 2.65. The highest BCUT2D eigenvalue weighted by Gasteiger charge is 2.37. The predicted octanol–water partition coefficient (Wildman–Crippen LogP) is 2.03. The van der Waals surface area contributed by atoms with Crippen molar-refractivity contribution in [3.63, 3.8) is 0 Å². The van der Waals surface area contributed by atoms with Gasteiger partial charge in [0.15, 0.2) is 5.72 Å². The van der Waals surface area contributed by atoms with Crippen LogP contribution in [0, 0.1) is 5.82 Å². The molecule has 1 aliphatic rings. The lowest BCUT2D eigenvalue weighted by Gasteiger charge is -2.40. The topological polar surface area (TPSA) is 29.5 Å². The molecule has 2 rings (SSSR count). The van der Waals surface area contributed by atoms with Crippen LogP contribution in [0.5, 0.6) is 5.75 Å². The van der Waals surface area contributed by atoms with Crippen molar-refractivity contribution < 1.29 is 13.9 Å². The van der Waals surface area contributed by atoms with Gasteiger partial charge in [0.1, 0.15) is 11.6 Å². The van der Waals surface area contributed by atoms with Crippen LogP contribution in [-0.4, -0.2) is 23.6 Å². The molecule has 15 heavy (non-hydrogen) atoms. The highest BCUT2D eigenvalue weighted by Crippen LogP contribution is 2.32. The average Bonchev–Trinajstić information content (AvgIpc) is 2.13. The van der Waals surface area contributed by atoms with Crippen molar-refractivity contribution in [2.75, 3.05) is 7.05 Å². The number of carbonyl (C=O) groups is 1. The summed E-state index contributed by atoms with van der Waals surface area (Å²) in [5, 5.41) is 0. The molecule has 0 bridgehead atoms. The first kappa shape index (κ1) is 9.96. The first-order valence-corrected chi connectivity index (χ1v) is 4.68. The molecule has 1 aliphatic heterocycles. The number of benzene rings is 1. The molecule has 1 amide bonds. The lowest BCUT2D eigenvalue weighted by atomic mass is 10.1. The van der Waals surface area contributed by atoms with E-state index in [1.165, 1.54) is 23.1 Å². The fourth-order valence-corrected chi connectivity index (χ4v) is 1.52. The SMILES string of the molecule is CN1C(=O)c2ccc(F)cc2OC1(C)C. The van der Waals surface area contributed by atoms with Crippen molar-refractivity contribution in [2.45, 2.75) is 19.6 Å². The monoisotopic (exact) mass is 209 g/mol. The number of rotatable bonds is 0. The van der Waals surface area contributed by atoms with Gasteiger partial charge >= 0.3 is 0 Å². The number of hydrogen-bond acceptors (Lipinski definition) is 2. The first-order chi connectivity index (χ1) is 6.92. The van der Waals surface area contributed by atoms with E-state index < -0.39 is 11.5 Å². The number of hydrogen-bond donors (Lipinski definition) is 0. The molecule has 0 spiro atoms. The Morgan fingerprint density at radius 1 is 1.40 bits per heavy atom. The molecule has 3 nitrogen and oxygen atoms in total. The predicted molar refractivity (Wildman–Crippen MR) is 53.2 cm³/mol. The molecule has 0 unspecified atom stereocenters. The van der Waals surface area contributed by atoms with E-state index >= 15 is 0 Å². The van der Waals surface area contributed by atoms with E-state index in [0.29, 0.717) is 11.3 Å². The Bertz CT molecular complexity index is 429. The molecule has 80 valence electrons. The van der Waals surface area contributed by atoms with E-state index in [9.17, 15) is 9.18 Å². The number of carbonyl (C=O) groups excluding carboxylic acids is 1. The fourth-order valence-electron chi connectivity index (χ4n) is 1.52. The zero-order valence-electron chi connectivity index (χ0n) is 8.87. The maximum absolute atomic E-state index is 13.0. The molecule has 0 atom stereocenters. The van der Waals surface area contributed by atoms with E-state index in [-0.39, 0.29) is 5.91 Å². The largest absolute Gasteiger partial charge is 0.468 e. The molecular weight excluding hydrogens is 197 g/mol. The summed E-state index contributed by atoms with van der Waals surface area (Å²) in [6.07, 6.45) is 0. The van der Waals surface area contributed by atoms with Gasteiger partial charge < -0.3 is 9.64 Å². The number of nitrogens with zero attached hydrogens (tertiary/aromatic N) is 1. The van der Waals surface area contributed by atoms with Crippen molar-refractivity contribution in [3.8, 4) is 5.75 Å². The molecule has 0 N–H and O–H groups in total. The third kappa shape index (κ3) is 1.46. The van der Waals surface area contributed by atoms with Crippen molar-refractivity contribution >= 4 is 5.91 Å².